The van der Waals surface area contributed by atoms with Crippen LogP contribution >= 0.6 is 11.6 Å². The highest BCUT2D eigenvalue weighted by Crippen LogP contribution is 2.24. The Morgan fingerprint density at radius 1 is 1.28 bits per heavy atom. The summed E-state index contributed by atoms with van der Waals surface area (Å²) in [6, 6.07) is 9.40. The summed E-state index contributed by atoms with van der Waals surface area (Å²) in [6.07, 6.45) is 2.19. The number of nitrogens with two attached hydrogens (primary N) is 1. The first-order chi connectivity index (χ1) is 12.0. The van der Waals surface area contributed by atoms with Gasteiger partial charge in [-0.15, -0.1) is 0 Å². The molecule has 0 fully saturated rings. The number of nitrogens with one attached hydrogen (secondary N) is 4. The first kappa shape index (κ1) is 15.7. The number of amidine groups is 2. The number of nitrogens with zero attached hydrogens (tertiary/aromatic N) is 3. The molecule has 0 saturated carbocycles. The van der Waals surface area contributed by atoms with Gasteiger partial charge >= 0.3 is 0 Å². The molecule has 0 saturated heterocycles. The number of aromatic nitrogens is 2. The van der Waals surface area contributed by atoms with Gasteiger partial charge in [0.15, 0.2) is 11.7 Å². The van der Waals surface area contributed by atoms with Crippen molar-refractivity contribution in [2.45, 2.75) is 19.1 Å². The summed E-state index contributed by atoms with van der Waals surface area (Å²) in [5.74, 6) is 0.743. The Morgan fingerprint density at radius 2 is 2.16 bits per heavy atom. The molecule has 0 bridgehead atoms. The fourth-order valence-electron chi connectivity index (χ4n) is 2.78. The van der Waals surface area contributed by atoms with Crippen molar-refractivity contribution < 1.29 is 0 Å². The van der Waals surface area contributed by atoms with E-state index in [9.17, 15) is 0 Å². The summed E-state index contributed by atoms with van der Waals surface area (Å²) in [5, 5.41) is 10.9. The smallest absolute Gasteiger partial charge is 0.210 e. The van der Waals surface area contributed by atoms with E-state index >= 15 is 0 Å². The zero-order chi connectivity index (χ0) is 17.4. The van der Waals surface area contributed by atoms with Gasteiger partial charge in [0.1, 0.15) is 5.84 Å². The Balaban J connectivity index is 1.67. The number of fused-ring (bicyclic) bond motifs is 1. The van der Waals surface area contributed by atoms with Crippen LogP contribution < -0.4 is 21.9 Å². The number of aromatic amines is 1. The third-order valence-electron chi connectivity index (χ3n) is 3.83. The topological polar surface area (TPSA) is 116 Å². The zero-order valence-corrected chi connectivity index (χ0v) is 14.2. The van der Waals surface area contributed by atoms with Crippen LogP contribution in [0.1, 0.15) is 11.3 Å². The van der Waals surface area contributed by atoms with Crippen molar-refractivity contribution in [3.63, 3.8) is 0 Å². The lowest BCUT2D eigenvalue weighted by Gasteiger charge is -2.27. The van der Waals surface area contributed by atoms with Crippen molar-refractivity contribution in [1.29, 1.82) is 0 Å². The summed E-state index contributed by atoms with van der Waals surface area (Å²) in [4.78, 5) is 9.19. The fourth-order valence-corrected chi connectivity index (χ4v) is 2.99. The van der Waals surface area contributed by atoms with Gasteiger partial charge in [0.05, 0.1) is 5.57 Å². The van der Waals surface area contributed by atoms with E-state index in [2.05, 4.69) is 36.4 Å². The minimum atomic E-state index is -1.15. The van der Waals surface area contributed by atoms with Gasteiger partial charge in [0, 0.05) is 29.4 Å². The van der Waals surface area contributed by atoms with Gasteiger partial charge < -0.3 is 10.7 Å². The number of hydrogen-bond acceptors (Lipinski definition) is 7. The maximum atomic E-state index is 6.47. The van der Waals surface area contributed by atoms with Crippen LogP contribution in [0.4, 0.5) is 5.82 Å². The number of aliphatic imine (C=N–C) groups is 2. The van der Waals surface area contributed by atoms with Crippen LogP contribution in [-0.2, 0) is 6.42 Å². The molecule has 0 amide bonds. The summed E-state index contributed by atoms with van der Waals surface area (Å²) >= 11 is 6.07. The van der Waals surface area contributed by atoms with Gasteiger partial charge in [-0.3, -0.25) is 16.3 Å². The van der Waals surface area contributed by atoms with Gasteiger partial charge in [0.25, 0.3) is 0 Å². The lowest BCUT2D eigenvalue weighted by Crippen LogP contribution is -2.47. The van der Waals surface area contributed by atoms with Crippen molar-refractivity contribution in [1.82, 2.24) is 21.0 Å². The number of anilines is 1. The molecule has 1 atom stereocenters. The predicted octanol–water partition coefficient (Wildman–Crippen LogP) is 1.44. The highest BCUT2D eigenvalue weighted by Gasteiger charge is 2.34. The van der Waals surface area contributed by atoms with E-state index in [1.807, 2.05) is 37.3 Å². The lowest BCUT2D eigenvalue weighted by atomic mass is 10.1. The van der Waals surface area contributed by atoms with Crippen molar-refractivity contribution in [3.8, 4) is 0 Å². The summed E-state index contributed by atoms with van der Waals surface area (Å²) in [6.45, 7) is 1.93. The van der Waals surface area contributed by atoms with E-state index < -0.39 is 5.79 Å². The summed E-state index contributed by atoms with van der Waals surface area (Å²) < 4.78 is 0. The normalized spacial score (nSPS) is 21.5. The minimum Gasteiger partial charge on any atom is -0.323 e. The number of hydrogen-bond donors (Lipinski definition) is 5. The molecule has 4 rings (SSSR count). The highest BCUT2D eigenvalue weighted by molar-refractivity contribution is 6.30. The SMILES string of the molecule is Cc1cc(NC2=NC(N)(Cc3cccc(Cl)c3)N=C3NNC=C32)n[nH]1. The largest absolute Gasteiger partial charge is 0.323 e. The first-order valence-electron chi connectivity index (χ1n) is 7.75. The van der Waals surface area contributed by atoms with E-state index in [-0.39, 0.29) is 0 Å². The quantitative estimate of drug-likeness (QED) is 0.570. The van der Waals surface area contributed by atoms with Crippen molar-refractivity contribution in [2.24, 2.45) is 15.7 Å². The molecule has 0 spiro atoms. The number of H-pyrrole nitrogens is 1. The third kappa shape index (κ3) is 3.21. The van der Waals surface area contributed by atoms with Crippen LogP contribution in [0.15, 0.2) is 52.1 Å². The van der Waals surface area contributed by atoms with Crippen molar-refractivity contribution in [2.75, 3.05) is 5.32 Å². The van der Waals surface area contributed by atoms with E-state index in [0.29, 0.717) is 28.9 Å². The van der Waals surface area contributed by atoms with Gasteiger partial charge in [-0.25, -0.2) is 9.98 Å². The molecule has 8 nitrogen and oxygen atoms in total. The second kappa shape index (κ2) is 5.91. The Kier molecular flexibility index (Phi) is 3.70. The molecular formula is C16H17ClN8. The zero-order valence-electron chi connectivity index (χ0n) is 13.5. The van der Waals surface area contributed by atoms with Crippen LogP contribution in [0.3, 0.4) is 0 Å². The molecule has 9 heteroatoms. The van der Waals surface area contributed by atoms with Gasteiger partial charge in [-0.1, -0.05) is 23.7 Å². The first-order valence-corrected chi connectivity index (χ1v) is 8.13. The van der Waals surface area contributed by atoms with Crippen LogP contribution in [0, 0.1) is 6.92 Å². The minimum absolute atomic E-state index is 0.413. The van der Waals surface area contributed by atoms with Crippen molar-refractivity contribution >= 4 is 29.1 Å². The lowest BCUT2D eigenvalue weighted by molar-refractivity contribution is 0.462. The van der Waals surface area contributed by atoms with Crippen molar-refractivity contribution in [3.05, 3.63) is 58.4 Å². The number of rotatable bonds is 3. The molecule has 6 N–H and O–H groups in total. The molecule has 2 aliphatic heterocycles. The molecule has 0 radical (unpaired) electrons. The average Bonchev–Trinajstić information content (AvgIpc) is 3.15. The van der Waals surface area contributed by atoms with Gasteiger partial charge in [0.2, 0.25) is 5.79 Å². The molecule has 25 heavy (non-hydrogen) atoms. The van der Waals surface area contributed by atoms with Crippen LogP contribution in [0.25, 0.3) is 0 Å². The summed E-state index contributed by atoms with van der Waals surface area (Å²) in [7, 11) is 0. The monoisotopic (exact) mass is 356 g/mol. The van der Waals surface area contributed by atoms with Crippen LogP contribution in [-0.4, -0.2) is 27.7 Å². The number of aryl methyl sites for hydroxylation is 1. The average molecular weight is 357 g/mol. The van der Waals surface area contributed by atoms with Crippen LogP contribution in [0.2, 0.25) is 5.02 Å². The van der Waals surface area contributed by atoms with E-state index in [0.717, 1.165) is 16.8 Å². The van der Waals surface area contributed by atoms with E-state index in [1.54, 1.807) is 6.20 Å². The molecule has 1 unspecified atom stereocenters. The molecular weight excluding hydrogens is 340 g/mol. The maximum absolute atomic E-state index is 6.47. The number of hydrazine groups is 1. The van der Waals surface area contributed by atoms with E-state index in [4.69, 9.17) is 17.3 Å². The molecule has 2 aliphatic rings. The van der Waals surface area contributed by atoms with Gasteiger partial charge in [-0.2, -0.15) is 5.10 Å². The van der Waals surface area contributed by atoms with Crippen LogP contribution in [0.5, 0.6) is 0 Å². The van der Waals surface area contributed by atoms with Gasteiger partial charge in [-0.05, 0) is 24.6 Å². The molecule has 2 aromatic rings. The predicted molar refractivity (Wildman–Crippen MR) is 98.2 cm³/mol. The second-order valence-corrected chi connectivity index (χ2v) is 6.43. The second-order valence-electron chi connectivity index (χ2n) is 5.99. The molecule has 1 aromatic heterocycles. The molecule has 128 valence electrons. The highest BCUT2D eigenvalue weighted by atomic mass is 35.5. The molecule has 3 heterocycles. The third-order valence-corrected chi connectivity index (χ3v) is 4.07. The molecule has 0 aliphatic carbocycles. The molecule has 1 aromatic carbocycles. The Bertz CT molecular complexity index is 912. The fraction of sp³-hybridized carbons (Fsp3) is 0.188. The Hall–Kier alpha value is -2.84. The number of halogens is 1. The Morgan fingerprint density at radius 3 is 2.92 bits per heavy atom. The maximum Gasteiger partial charge on any atom is 0.210 e. The van der Waals surface area contributed by atoms with E-state index in [1.165, 1.54) is 0 Å². The standard InChI is InChI=1S/C16H17ClN8/c1-9-5-13(24-23-9)20-14-12-8-19-25-15(12)22-16(18,21-14)7-10-3-2-4-11(17)6-10/h2-6,8H,7,18H2,1H3,(H2,19,22,25)(H2,20,21,23,24). The summed E-state index contributed by atoms with van der Waals surface area (Å²) in [5.41, 5.74) is 15.1. The Labute approximate surface area is 149 Å². The number of benzene rings is 1.